The van der Waals surface area contributed by atoms with Crippen molar-refractivity contribution in [2.24, 2.45) is 7.05 Å². The third-order valence-electron chi connectivity index (χ3n) is 5.62. The van der Waals surface area contributed by atoms with E-state index in [2.05, 4.69) is 20.2 Å². The number of aromatic nitrogens is 7. The molecular weight excluding hydrogens is 542 g/mol. The Morgan fingerprint density at radius 3 is 2.46 bits per heavy atom. The molecule has 0 fully saturated rings. The Morgan fingerprint density at radius 2 is 1.81 bits per heavy atom. The minimum Gasteiger partial charge on any atom is -0.291 e. The average Bonchev–Trinajstić information content (AvgIpc) is 3.44. The summed E-state index contributed by atoms with van der Waals surface area (Å²) in [5.41, 5.74) is -2.66. The van der Waals surface area contributed by atoms with Gasteiger partial charge < -0.3 is 0 Å². The largest absolute Gasteiger partial charge is 0.431 e. The first-order valence-electron chi connectivity index (χ1n) is 10.4. The highest BCUT2D eigenvalue weighted by atomic mass is 35.5. The van der Waals surface area contributed by atoms with Crippen LogP contribution in [0.25, 0.3) is 33.9 Å². The predicted molar refractivity (Wildman–Crippen MR) is 123 cm³/mol. The average molecular weight is 556 g/mol. The minimum atomic E-state index is -4.85. The van der Waals surface area contributed by atoms with E-state index in [0.29, 0.717) is 15.1 Å². The van der Waals surface area contributed by atoms with E-state index < -0.39 is 43.9 Å². The minimum absolute atomic E-state index is 0.0799. The van der Waals surface area contributed by atoms with Gasteiger partial charge in [0.05, 0.1) is 16.5 Å². The van der Waals surface area contributed by atoms with Crippen LogP contribution in [0, 0.1) is 5.82 Å². The molecule has 0 spiro atoms. The highest BCUT2D eigenvalue weighted by molar-refractivity contribution is 7.91. The number of nitrogens with zero attached hydrogens (tertiary/aromatic N) is 7. The van der Waals surface area contributed by atoms with Crippen molar-refractivity contribution in [2.45, 2.75) is 18.1 Å². The maximum Gasteiger partial charge on any atom is 0.431 e. The van der Waals surface area contributed by atoms with Crippen LogP contribution in [-0.2, 0) is 23.1 Å². The number of halogens is 5. The predicted octanol–water partition coefficient (Wildman–Crippen LogP) is 3.41. The lowest BCUT2D eigenvalue weighted by atomic mass is 10.1. The SMILES string of the molecule is CCS(=O)(=O)c1nn2c(-c3ccc(Cl)c(F)c3)ccnc2c1-c1nc2cc(C(F)(F)F)n(C)c(=O)n2n1. The van der Waals surface area contributed by atoms with Crippen molar-refractivity contribution >= 4 is 32.7 Å². The zero-order valence-electron chi connectivity index (χ0n) is 18.8. The van der Waals surface area contributed by atoms with Crippen molar-refractivity contribution in [2.75, 3.05) is 5.75 Å². The van der Waals surface area contributed by atoms with E-state index in [1.165, 1.54) is 31.3 Å². The van der Waals surface area contributed by atoms with E-state index in [1.54, 1.807) is 0 Å². The molecule has 0 aliphatic carbocycles. The van der Waals surface area contributed by atoms with Crippen molar-refractivity contribution in [3.63, 3.8) is 0 Å². The number of hydrogen-bond donors (Lipinski definition) is 0. The summed E-state index contributed by atoms with van der Waals surface area (Å²) in [6, 6.07) is 5.99. The number of rotatable bonds is 4. The summed E-state index contributed by atoms with van der Waals surface area (Å²) < 4.78 is 82.5. The second-order valence-electron chi connectivity index (χ2n) is 7.85. The third kappa shape index (κ3) is 3.94. The summed E-state index contributed by atoms with van der Waals surface area (Å²) in [6.07, 6.45) is -3.55. The number of hydrogen-bond acceptors (Lipinski definition) is 7. The molecule has 0 saturated carbocycles. The molecule has 0 radical (unpaired) electrons. The summed E-state index contributed by atoms with van der Waals surface area (Å²) in [6.45, 7) is 1.37. The van der Waals surface area contributed by atoms with Crippen molar-refractivity contribution in [1.29, 1.82) is 0 Å². The van der Waals surface area contributed by atoms with E-state index in [0.717, 1.165) is 17.6 Å². The molecule has 4 heterocycles. The second-order valence-corrected chi connectivity index (χ2v) is 10.5. The smallest absolute Gasteiger partial charge is 0.291 e. The molecule has 0 N–H and O–H groups in total. The molecule has 0 unspecified atom stereocenters. The molecule has 16 heteroatoms. The Kier molecular flexibility index (Phi) is 5.60. The van der Waals surface area contributed by atoms with Gasteiger partial charge in [-0.25, -0.2) is 32.1 Å². The van der Waals surface area contributed by atoms with Crippen LogP contribution >= 0.6 is 11.6 Å². The Labute approximate surface area is 209 Å². The Morgan fingerprint density at radius 1 is 1.08 bits per heavy atom. The maximum atomic E-state index is 14.2. The molecule has 5 aromatic rings. The van der Waals surface area contributed by atoms with Gasteiger partial charge in [-0.15, -0.1) is 5.10 Å². The molecule has 0 aliphatic heterocycles. The number of benzene rings is 1. The van der Waals surface area contributed by atoms with Crippen LogP contribution in [0.4, 0.5) is 17.6 Å². The van der Waals surface area contributed by atoms with Crippen molar-refractivity contribution in [1.82, 2.24) is 33.8 Å². The van der Waals surface area contributed by atoms with Crippen molar-refractivity contribution in [3.8, 4) is 22.6 Å². The summed E-state index contributed by atoms with van der Waals surface area (Å²) in [4.78, 5) is 20.8. The maximum absolute atomic E-state index is 14.2. The van der Waals surface area contributed by atoms with E-state index in [9.17, 15) is 30.8 Å². The molecule has 0 saturated heterocycles. The standard InChI is InChI=1S/C21H14ClF4N7O3S/c1-3-37(35,36)19-16(17-28-15-9-14(21(24,25)26)31(2)20(34)33(15)29-17)18-27-7-6-13(32(18)30-19)10-4-5-11(22)12(23)8-10/h4-9H,3H2,1-2H3. The van der Waals surface area contributed by atoms with Gasteiger partial charge in [0, 0.05) is 24.9 Å². The van der Waals surface area contributed by atoms with Crippen LogP contribution in [0.15, 0.2) is 46.3 Å². The van der Waals surface area contributed by atoms with E-state index in [-0.39, 0.29) is 39.1 Å². The normalized spacial score (nSPS) is 12.6. The molecule has 0 bridgehead atoms. The number of alkyl halides is 3. The fraction of sp³-hybridized carbons (Fsp3) is 0.190. The molecule has 10 nitrogen and oxygen atoms in total. The topological polar surface area (TPSA) is 117 Å². The van der Waals surface area contributed by atoms with Gasteiger partial charge in [-0.2, -0.15) is 22.8 Å². The highest BCUT2D eigenvalue weighted by Gasteiger charge is 2.36. The molecular formula is C21H14ClF4N7O3S. The van der Waals surface area contributed by atoms with E-state index in [4.69, 9.17) is 11.6 Å². The monoisotopic (exact) mass is 555 g/mol. The summed E-state index contributed by atoms with van der Waals surface area (Å²) >= 11 is 5.77. The van der Waals surface area contributed by atoms with Gasteiger partial charge in [0.25, 0.3) is 0 Å². The van der Waals surface area contributed by atoms with Crippen LogP contribution in [0.5, 0.6) is 0 Å². The van der Waals surface area contributed by atoms with Crippen LogP contribution < -0.4 is 5.69 Å². The highest BCUT2D eigenvalue weighted by Crippen LogP contribution is 2.33. The Balaban J connectivity index is 1.85. The Bertz CT molecular complexity index is 1890. The molecule has 192 valence electrons. The second kappa shape index (κ2) is 8.34. The van der Waals surface area contributed by atoms with Crippen molar-refractivity contribution < 1.29 is 26.0 Å². The molecule has 37 heavy (non-hydrogen) atoms. The first-order chi connectivity index (χ1) is 17.3. The van der Waals surface area contributed by atoms with Gasteiger partial charge in [0.2, 0.25) is 0 Å². The van der Waals surface area contributed by atoms with Crippen LogP contribution in [0.1, 0.15) is 12.6 Å². The van der Waals surface area contributed by atoms with E-state index in [1.807, 2.05) is 0 Å². The molecule has 4 aromatic heterocycles. The van der Waals surface area contributed by atoms with Crippen LogP contribution in [0.3, 0.4) is 0 Å². The summed E-state index contributed by atoms with van der Waals surface area (Å²) in [5.74, 6) is -1.50. The lowest BCUT2D eigenvalue weighted by Gasteiger charge is -2.10. The number of sulfone groups is 1. The first-order valence-corrected chi connectivity index (χ1v) is 12.5. The quantitative estimate of drug-likeness (QED) is 0.312. The van der Waals surface area contributed by atoms with Crippen molar-refractivity contribution in [3.05, 3.63) is 63.5 Å². The lowest BCUT2D eigenvalue weighted by Crippen LogP contribution is -2.30. The first kappa shape index (κ1) is 24.8. The number of fused-ring (bicyclic) bond motifs is 2. The molecule has 1 aromatic carbocycles. The van der Waals surface area contributed by atoms with Crippen LogP contribution in [0.2, 0.25) is 5.02 Å². The van der Waals surface area contributed by atoms with Crippen LogP contribution in [-0.4, -0.2) is 47.9 Å². The third-order valence-corrected chi connectivity index (χ3v) is 7.56. The fourth-order valence-corrected chi connectivity index (χ4v) is 4.84. The van der Waals surface area contributed by atoms with Gasteiger partial charge in [0.15, 0.2) is 32.0 Å². The molecule has 0 aliphatic rings. The van der Waals surface area contributed by atoms with E-state index >= 15 is 0 Å². The van der Waals surface area contributed by atoms with Gasteiger partial charge in [-0.3, -0.25) is 4.57 Å². The summed E-state index contributed by atoms with van der Waals surface area (Å²) in [5, 5.41) is 7.55. The zero-order valence-corrected chi connectivity index (χ0v) is 20.4. The lowest BCUT2D eigenvalue weighted by molar-refractivity contribution is -0.143. The molecule has 0 atom stereocenters. The van der Waals surface area contributed by atoms with Gasteiger partial charge in [-0.05, 0) is 18.2 Å². The fourth-order valence-electron chi connectivity index (χ4n) is 3.75. The zero-order chi connectivity index (χ0) is 26.9. The molecule has 0 amide bonds. The van der Waals surface area contributed by atoms with Gasteiger partial charge in [-0.1, -0.05) is 24.6 Å². The van der Waals surface area contributed by atoms with Gasteiger partial charge >= 0.3 is 11.9 Å². The van der Waals surface area contributed by atoms with Gasteiger partial charge in [0.1, 0.15) is 17.1 Å². The Hall–Kier alpha value is -3.85. The summed E-state index contributed by atoms with van der Waals surface area (Å²) in [7, 11) is -3.14. The molecule has 5 rings (SSSR count).